The van der Waals surface area contributed by atoms with Gasteiger partial charge in [0.05, 0.1) is 0 Å². The number of fused-ring (bicyclic) bond motifs is 2. The molecule has 0 saturated carbocycles. The van der Waals surface area contributed by atoms with Gasteiger partial charge in [-0.25, -0.2) is 0 Å². The number of nitrogens with zero attached hydrogens (tertiary/aromatic N) is 1. The number of hydrogen-bond donors (Lipinski definition) is 0. The second kappa shape index (κ2) is 7.47. The molecule has 2 aliphatic rings. The molecule has 0 N–H and O–H groups in total. The van der Waals surface area contributed by atoms with E-state index in [1.54, 1.807) is 0 Å². The summed E-state index contributed by atoms with van der Waals surface area (Å²) >= 11 is 0. The molecule has 142 valence electrons. The minimum Gasteiger partial charge on any atom is -0.426 e. The molecule has 1 atom stereocenters. The summed E-state index contributed by atoms with van der Waals surface area (Å²) in [6, 6.07) is 13.2. The highest BCUT2D eigenvalue weighted by Crippen LogP contribution is 2.48. The molecule has 2 aromatic rings. The molecule has 0 amide bonds. The Kier molecular flexibility index (Phi) is 5.05. The summed E-state index contributed by atoms with van der Waals surface area (Å²) in [4.78, 5) is 15.0. The Morgan fingerprint density at radius 2 is 1.96 bits per heavy atom. The van der Waals surface area contributed by atoms with Crippen LogP contribution in [-0.4, -0.2) is 24.0 Å². The van der Waals surface area contributed by atoms with Gasteiger partial charge in [0.25, 0.3) is 0 Å². The molecular weight excluding hydrogens is 334 g/mol. The van der Waals surface area contributed by atoms with Crippen molar-refractivity contribution in [1.82, 2.24) is 4.90 Å². The second-order valence-electron chi connectivity index (χ2n) is 8.25. The van der Waals surface area contributed by atoms with Crippen molar-refractivity contribution in [1.29, 1.82) is 0 Å². The number of benzene rings is 2. The predicted octanol–water partition coefficient (Wildman–Crippen LogP) is 5.17. The first-order chi connectivity index (χ1) is 13.1. The van der Waals surface area contributed by atoms with E-state index in [2.05, 4.69) is 36.1 Å². The summed E-state index contributed by atoms with van der Waals surface area (Å²) in [5.74, 6) is 0.879. The number of rotatable bonds is 5. The van der Waals surface area contributed by atoms with E-state index in [4.69, 9.17) is 4.74 Å². The van der Waals surface area contributed by atoms with E-state index in [1.807, 2.05) is 26.0 Å². The summed E-state index contributed by atoms with van der Waals surface area (Å²) in [7, 11) is 0. The third-order valence-electron chi connectivity index (χ3n) is 5.74. The molecule has 0 bridgehead atoms. The molecular formula is C24H29NO2. The molecule has 0 spiro atoms. The molecule has 1 aliphatic carbocycles. The Morgan fingerprint density at radius 3 is 2.74 bits per heavy atom. The number of esters is 1. The average molecular weight is 364 g/mol. The van der Waals surface area contributed by atoms with Gasteiger partial charge in [0.1, 0.15) is 5.75 Å². The molecule has 3 nitrogen and oxygen atoms in total. The summed E-state index contributed by atoms with van der Waals surface area (Å²) in [5.41, 5.74) is 6.59. The lowest BCUT2D eigenvalue weighted by molar-refractivity contribution is -0.135. The SMILES string of the molecule is CCCN1CCc2cccc3c2[C@H]1Cc1cccc(OC(=O)CC(C)C)c1-3. The summed E-state index contributed by atoms with van der Waals surface area (Å²) < 4.78 is 5.83. The maximum absolute atomic E-state index is 12.3. The van der Waals surface area contributed by atoms with Crippen LogP contribution in [0.4, 0.5) is 0 Å². The number of carbonyl (C=O) groups is 1. The molecule has 0 saturated heterocycles. The largest absolute Gasteiger partial charge is 0.426 e. The minimum atomic E-state index is -0.141. The highest BCUT2D eigenvalue weighted by Gasteiger charge is 2.35. The Labute approximate surface area is 162 Å². The number of hydrogen-bond acceptors (Lipinski definition) is 3. The summed E-state index contributed by atoms with van der Waals surface area (Å²) in [6.45, 7) is 8.61. The van der Waals surface area contributed by atoms with Crippen LogP contribution in [0.15, 0.2) is 36.4 Å². The lowest BCUT2D eigenvalue weighted by atomic mass is 9.77. The average Bonchev–Trinajstić information content (AvgIpc) is 2.63. The van der Waals surface area contributed by atoms with E-state index in [9.17, 15) is 4.79 Å². The van der Waals surface area contributed by atoms with Crippen LogP contribution >= 0.6 is 0 Å². The number of carbonyl (C=O) groups excluding carboxylic acids is 1. The fourth-order valence-electron chi connectivity index (χ4n) is 4.67. The quantitative estimate of drug-likeness (QED) is 0.542. The summed E-state index contributed by atoms with van der Waals surface area (Å²) in [6.07, 6.45) is 3.72. The van der Waals surface area contributed by atoms with Crippen molar-refractivity contribution in [3.63, 3.8) is 0 Å². The van der Waals surface area contributed by atoms with Gasteiger partial charge in [-0.05, 0) is 60.0 Å². The van der Waals surface area contributed by atoms with Gasteiger partial charge in [0.15, 0.2) is 0 Å². The Balaban J connectivity index is 1.78. The zero-order valence-corrected chi connectivity index (χ0v) is 16.6. The molecule has 2 aromatic carbocycles. The maximum Gasteiger partial charge on any atom is 0.311 e. The van der Waals surface area contributed by atoms with Gasteiger partial charge in [0.2, 0.25) is 0 Å². The Hall–Kier alpha value is -2.13. The van der Waals surface area contributed by atoms with Crippen LogP contribution in [0.5, 0.6) is 5.75 Å². The highest BCUT2D eigenvalue weighted by atomic mass is 16.5. The van der Waals surface area contributed by atoms with Crippen molar-refractivity contribution in [2.75, 3.05) is 13.1 Å². The standard InChI is InChI=1S/C24H29NO2/c1-4-12-25-13-11-17-7-5-9-19-23(17)20(25)15-18-8-6-10-21(24(18)19)27-22(26)14-16(2)3/h5-10,16,20H,4,11-15H2,1-3H3/t20-/m1/s1. The maximum atomic E-state index is 12.3. The van der Waals surface area contributed by atoms with E-state index in [1.165, 1.54) is 28.7 Å². The zero-order valence-electron chi connectivity index (χ0n) is 16.6. The van der Waals surface area contributed by atoms with Crippen LogP contribution in [-0.2, 0) is 17.6 Å². The first-order valence-corrected chi connectivity index (χ1v) is 10.3. The van der Waals surface area contributed by atoms with E-state index < -0.39 is 0 Å². The lowest BCUT2D eigenvalue weighted by Crippen LogP contribution is -2.38. The minimum absolute atomic E-state index is 0.141. The van der Waals surface area contributed by atoms with Crippen LogP contribution in [0.1, 0.15) is 56.3 Å². The molecule has 1 aliphatic heterocycles. The van der Waals surface area contributed by atoms with Crippen LogP contribution in [0.3, 0.4) is 0 Å². The molecule has 0 radical (unpaired) electrons. The van der Waals surface area contributed by atoms with Gasteiger partial charge in [0, 0.05) is 24.6 Å². The first-order valence-electron chi connectivity index (χ1n) is 10.3. The zero-order chi connectivity index (χ0) is 19.0. The molecule has 0 aromatic heterocycles. The van der Waals surface area contributed by atoms with E-state index >= 15 is 0 Å². The van der Waals surface area contributed by atoms with Crippen molar-refractivity contribution in [3.8, 4) is 16.9 Å². The van der Waals surface area contributed by atoms with Crippen molar-refractivity contribution in [2.45, 2.75) is 52.5 Å². The van der Waals surface area contributed by atoms with Crippen LogP contribution in [0.2, 0.25) is 0 Å². The van der Waals surface area contributed by atoms with Gasteiger partial charge in [-0.1, -0.05) is 51.1 Å². The topological polar surface area (TPSA) is 29.5 Å². The van der Waals surface area contributed by atoms with Crippen molar-refractivity contribution in [2.24, 2.45) is 5.92 Å². The van der Waals surface area contributed by atoms with Crippen molar-refractivity contribution >= 4 is 5.97 Å². The van der Waals surface area contributed by atoms with Gasteiger partial charge in [-0.3, -0.25) is 9.69 Å². The fourth-order valence-corrected chi connectivity index (χ4v) is 4.67. The molecule has 1 heterocycles. The van der Waals surface area contributed by atoms with E-state index in [0.717, 1.165) is 37.2 Å². The third-order valence-corrected chi connectivity index (χ3v) is 5.74. The molecule has 27 heavy (non-hydrogen) atoms. The highest BCUT2D eigenvalue weighted by molar-refractivity contribution is 5.83. The predicted molar refractivity (Wildman–Crippen MR) is 109 cm³/mol. The molecule has 4 rings (SSSR count). The second-order valence-corrected chi connectivity index (χ2v) is 8.25. The Bertz CT molecular complexity index is 855. The monoisotopic (exact) mass is 363 g/mol. The van der Waals surface area contributed by atoms with Crippen LogP contribution in [0, 0.1) is 5.92 Å². The van der Waals surface area contributed by atoms with E-state index in [-0.39, 0.29) is 5.97 Å². The smallest absolute Gasteiger partial charge is 0.311 e. The van der Waals surface area contributed by atoms with Crippen LogP contribution < -0.4 is 4.74 Å². The molecule has 0 unspecified atom stereocenters. The molecule has 3 heteroatoms. The lowest BCUT2D eigenvalue weighted by Gasteiger charge is -2.41. The van der Waals surface area contributed by atoms with Gasteiger partial charge < -0.3 is 4.74 Å². The Morgan fingerprint density at radius 1 is 1.19 bits per heavy atom. The van der Waals surface area contributed by atoms with Crippen molar-refractivity contribution < 1.29 is 9.53 Å². The van der Waals surface area contributed by atoms with Gasteiger partial charge in [-0.2, -0.15) is 0 Å². The van der Waals surface area contributed by atoms with Crippen molar-refractivity contribution in [3.05, 3.63) is 53.1 Å². The fraction of sp³-hybridized carbons (Fsp3) is 0.458. The van der Waals surface area contributed by atoms with Gasteiger partial charge in [-0.15, -0.1) is 0 Å². The normalized spacial score (nSPS) is 18.1. The van der Waals surface area contributed by atoms with Gasteiger partial charge >= 0.3 is 5.97 Å². The van der Waals surface area contributed by atoms with E-state index in [0.29, 0.717) is 18.4 Å². The first kappa shape index (κ1) is 18.2. The number of ether oxygens (including phenoxy) is 1. The van der Waals surface area contributed by atoms with Crippen LogP contribution in [0.25, 0.3) is 11.1 Å². The summed E-state index contributed by atoms with van der Waals surface area (Å²) in [5, 5.41) is 0. The molecule has 0 fully saturated rings. The third kappa shape index (κ3) is 3.41.